The van der Waals surface area contributed by atoms with Crippen molar-refractivity contribution in [3.63, 3.8) is 0 Å². The van der Waals surface area contributed by atoms with Crippen molar-refractivity contribution in [1.29, 1.82) is 0 Å². The fraction of sp³-hybridized carbons (Fsp3) is 0.533. The topological polar surface area (TPSA) is 55.6 Å². The molecule has 0 aliphatic carbocycles. The van der Waals surface area contributed by atoms with E-state index in [2.05, 4.69) is 18.7 Å². The lowest BCUT2D eigenvalue weighted by Gasteiger charge is -2.30. The van der Waals surface area contributed by atoms with Crippen molar-refractivity contribution in [3.05, 3.63) is 23.8 Å². The van der Waals surface area contributed by atoms with Gasteiger partial charge in [0.25, 0.3) is 0 Å². The predicted octanol–water partition coefficient (Wildman–Crippen LogP) is 2.68. The van der Waals surface area contributed by atoms with Gasteiger partial charge in [-0.05, 0) is 37.0 Å². The second-order valence-electron chi connectivity index (χ2n) is 5.41. The summed E-state index contributed by atoms with van der Waals surface area (Å²) in [6.45, 7) is 5.51. The van der Waals surface area contributed by atoms with Crippen molar-refractivity contribution in [2.24, 2.45) is 5.92 Å². The van der Waals surface area contributed by atoms with Gasteiger partial charge in [0.2, 0.25) is 0 Å². The summed E-state index contributed by atoms with van der Waals surface area (Å²) in [5.41, 5.74) is 7.82. The Bertz CT molecular complexity index is 471. The largest absolute Gasteiger partial charge is 0.465 e. The van der Waals surface area contributed by atoms with Gasteiger partial charge in [0, 0.05) is 24.0 Å². The number of nitrogens with two attached hydrogens (primary N) is 1. The number of carbonyl (C=O) groups excluding carboxylic acids is 1. The third kappa shape index (κ3) is 2.67. The molecule has 2 rings (SSSR count). The molecule has 0 bridgehead atoms. The lowest BCUT2D eigenvalue weighted by atomic mass is 10.0. The Kier molecular flexibility index (Phi) is 3.98. The average molecular weight is 262 g/mol. The van der Waals surface area contributed by atoms with E-state index in [0.29, 0.717) is 23.2 Å². The zero-order chi connectivity index (χ0) is 14.0. The van der Waals surface area contributed by atoms with E-state index < -0.39 is 0 Å². The van der Waals surface area contributed by atoms with Crippen LogP contribution in [0.2, 0.25) is 0 Å². The van der Waals surface area contributed by atoms with Gasteiger partial charge in [0.15, 0.2) is 0 Å². The minimum atomic E-state index is -0.375. The van der Waals surface area contributed by atoms with Gasteiger partial charge in [0.1, 0.15) is 0 Å². The third-order valence-corrected chi connectivity index (χ3v) is 3.84. The number of anilines is 2. The number of hydrogen-bond donors (Lipinski definition) is 1. The molecule has 1 unspecified atom stereocenters. The molecule has 104 valence electrons. The summed E-state index contributed by atoms with van der Waals surface area (Å²) in [5.74, 6) is 0.223. The molecule has 19 heavy (non-hydrogen) atoms. The molecule has 1 aromatic rings. The van der Waals surface area contributed by atoms with Gasteiger partial charge in [-0.15, -0.1) is 0 Å². The van der Waals surface area contributed by atoms with Gasteiger partial charge in [-0.1, -0.05) is 13.8 Å². The SMILES string of the molecule is COC(=O)c1cc(N2CCCC2C(C)C)ccc1N. The highest BCUT2D eigenvalue weighted by Gasteiger charge is 2.27. The molecule has 4 nitrogen and oxygen atoms in total. The smallest absolute Gasteiger partial charge is 0.340 e. The van der Waals surface area contributed by atoms with Crippen LogP contribution < -0.4 is 10.6 Å². The van der Waals surface area contributed by atoms with Gasteiger partial charge < -0.3 is 15.4 Å². The van der Waals surface area contributed by atoms with E-state index in [0.717, 1.165) is 12.2 Å². The number of nitrogen functional groups attached to an aromatic ring is 1. The fourth-order valence-corrected chi connectivity index (χ4v) is 2.82. The zero-order valence-electron chi connectivity index (χ0n) is 11.8. The number of hydrogen-bond acceptors (Lipinski definition) is 4. The Morgan fingerprint density at radius 1 is 1.47 bits per heavy atom. The van der Waals surface area contributed by atoms with Crippen LogP contribution in [-0.2, 0) is 4.74 Å². The molecule has 0 spiro atoms. The van der Waals surface area contributed by atoms with E-state index in [-0.39, 0.29) is 5.97 Å². The van der Waals surface area contributed by atoms with E-state index in [4.69, 9.17) is 10.5 Å². The van der Waals surface area contributed by atoms with Gasteiger partial charge in [0.05, 0.1) is 12.7 Å². The zero-order valence-corrected chi connectivity index (χ0v) is 11.8. The van der Waals surface area contributed by atoms with Crippen molar-refractivity contribution >= 4 is 17.3 Å². The van der Waals surface area contributed by atoms with Crippen LogP contribution in [0.25, 0.3) is 0 Å². The number of benzene rings is 1. The van der Waals surface area contributed by atoms with Crippen LogP contribution in [0.15, 0.2) is 18.2 Å². The van der Waals surface area contributed by atoms with Crippen molar-refractivity contribution in [3.8, 4) is 0 Å². The number of nitrogens with zero attached hydrogens (tertiary/aromatic N) is 1. The second kappa shape index (κ2) is 5.51. The Hall–Kier alpha value is -1.71. The summed E-state index contributed by atoms with van der Waals surface area (Å²) < 4.78 is 4.77. The van der Waals surface area contributed by atoms with Crippen LogP contribution in [0, 0.1) is 5.92 Å². The normalized spacial score (nSPS) is 18.9. The number of esters is 1. The lowest BCUT2D eigenvalue weighted by molar-refractivity contribution is 0.0602. The van der Waals surface area contributed by atoms with Crippen molar-refractivity contribution < 1.29 is 9.53 Å². The third-order valence-electron chi connectivity index (χ3n) is 3.84. The van der Waals surface area contributed by atoms with Crippen LogP contribution in [0.1, 0.15) is 37.0 Å². The summed E-state index contributed by atoms with van der Waals surface area (Å²) in [6, 6.07) is 6.16. The molecule has 1 aromatic carbocycles. The van der Waals surface area contributed by atoms with Crippen molar-refractivity contribution in [2.75, 3.05) is 24.3 Å². The number of methoxy groups -OCH3 is 1. The molecule has 0 radical (unpaired) electrons. The molecule has 0 saturated carbocycles. The van der Waals surface area contributed by atoms with Gasteiger partial charge in [-0.25, -0.2) is 4.79 Å². The maximum Gasteiger partial charge on any atom is 0.340 e. The van der Waals surface area contributed by atoms with E-state index >= 15 is 0 Å². The van der Waals surface area contributed by atoms with E-state index in [9.17, 15) is 4.79 Å². The standard InChI is InChI=1S/C15H22N2O2/c1-10(2)14-5-4-8-17(14)11-6-7-13(16)12(9-11)15(18)19-3/h6-7,9-10,14H,4-5,8,16H2,1-3H3. The summed E-state index contributed by atoms with van der Waals surface area (Å²) in [5, 5.41) is 0. The molecule has 1 saturated heterocycles. The first-order valence-electron chi connectivity index (χ1n) is 6.79. The summed E-state index contributed by atoms with van der Waals surface area (Å²) in [7, 11) is 1.38. The van der Waals surface area contributed by atoms with Gasteiger partial charge >= 0.3 is 5.97 Å². The first-order chi connectivity index (χ1) is 9.04. The number of rotatable bonds is 3. The van der Waals surface area contributed by atoms with Crippen LogP contribution in [0.5, 0.6) is 0 Å². The quantitative estimate of drug-likeness (QED) is 0.672. The molecule has 1 aliphatic heterocycles. The maximum atomic E-state index is 11.7. The summed E-state index contributed by atoms with van der Waals surface area (Å²) >= 11 is 0. The Morgan fingerprint density at radius 2 is 2.21 bits per heavy atom. The molecule has 2 N–H and O–H groups in total. The molecular weight excluding hydrogens is 240 g/mol. The summed E-state index contributed by atoms with van der Waals surface area (Å²) in [4.78, 5) is 14.1. The molecule has 1 aliphatic rings. The summed E-state index contributed by atoms with van der Waals surface area (Å²) in [6.07, 6.45) is 2.40. The van der Waals surface area contributed by atoms with Crippen molar-refractivity contribution in [1.82, 2.24) is 0 Å². The monoisotopic (exact) mass is 262 g/mol. The molecular formula is C15H22N2O2. The molecule has 0 amide bonds. The fourth-order valence-electron chi connectivity index (χ4n) is 2.82. The van der Waals surface area contributed by atoms with Crippen LogP contribution in [0.3, 0.4) is 0 Å². The first kappa shape index (κ1) is 13.7. The minimum absolute atomic E-state index is 0.375. The lowest BCUT2D eigenvalue weighted by Crippen LogP contribution is -2.33. The predicted molar refractivity (Wildman–Crippen MR) is 77.4 cm³/mol. The van der Waals surface area contributed by atoms with Gasteiger partial charge in [-0.2, -0.15) is 0 Å². The highest BCUT2D eigenvalue weighted by Crippen LogP contribution is 2.31. The highest BCUT2D eigenvalue weighted by atomic mass is 16.5. The number of ether oxygens (including phenoxy) is 1. The minimum Gasteiger partial charge on any atom is -0.465 e. The van der Waals surface area contributed by atoms with Crippen LogP contribution in [-0.4, -0.2) is 25.7 Å². The highest BCUT2D eigenvalue weighted by molar-refractivity contribution is 5.96. The molecule has 1 heterocycles. The van der Waals surface area contributed by atoms with E-state index in [1.165, 1.54) is 20.0 Å². The second-order valence-corrected chi connectivity index (χ2v) is 5.41. The van der Waals surface area contributed by atoms with Crippen LogP contribution in [0.4, 0.5) is 11.4 Å². The molecule has 1 fully saturated rings. The maximum absolute atomic E-state index is 11.7. The van der Waals surface area contributed by atoms with Gasteiger partial charge in [-0.3, -0.25) is 0 Å². The Morgan fingerprint density at radius 3 is 2.84 bits per heavy atom. The van der Waals surface area contributed by atoms with E-state index in [1.807, 2.05) is 12.1 Å². The Balaban J connectivity index is 2.33. The molecule has 0 aromatic heterocycles. The average Bonchev–Trinajstić information content (AvgIpc) is 2.88. The molecule has 1 atom stereocenters. The Labute approximate surface area is 114 Å². The van der Waals surface area contributed by atoms with E-state index in [1.54, 1.807) is 6.07 Å². The first-order valence-corrected chi connectivity index (χ1v) is 6.79. The van der Waals surface area contributed by atoms with Crippen molar-refractivity contribution in [2.45, 2.75) is 32.7 Å². The molecule has 4 heteroatoms. The van der Waals surface area contributed by atoms with Crippen LogP contribution >= 0.6 is 0 Å². The number of carbonyl (C=O) groups is 1.